The van der Waals surface area contributed by atoms with Gasteiger partial charge in [0.25, 0.3) is 0 Å². The van der Waals surface area contributed by atoms with Crippen molar-refractivity contribution in [3.8, 4) is 157 Å². The number of hydrogen-bond donors (Lipinski definition) is 0. The second-order valence-corrected chi connectivity index (χ2v) is 22.8. The lowest BCUT2D eigenvalue weighted by atomic mass is 9.92. The quantitative estimate of drug-likeness (QED) is 0.109. The van der Waals surface area contributed by atoms with Crippen molar-refractivity contribution in [3.05, 3.63) is 358 Å². The summed E-state index contributed by atoms with van der Waals surface area (Å²) in [5.41, 5.74) is 27.7. The van der Waals surface area contributed by atoms with E-state index in [9.17, 15) is 0 Å². The van der Waals surface area contributed by atoms with Crippen molar-refractivity contribution in [2.45, 2.75) is 0 Å². The first-order valence-electron chi connectivity index (χ1n) is 30.6. The molecule has 3 nitrogen and oxygen atoms in total. The van der Waals surface area contributed by atoms with Crippen LogP contribution in [0.3, 0.4) is 0 Å². The highest BCUT2D eigenvalue weighted by molar-refractivity contribution is 5.87. The predicted molar refractivity (Wildman–Crippen MR) is 376 cm³/mol. The Balaban J connectivity index is 0.813. The molecule has 14 aromatic carbocycles. The highest BCUT2D eigenvalue weighted by Gasteiger charge is 2.18. The van der Waals surface area contributed by atoms with Crippen LogP contribution in [0.15, 0.2) is 358 Å². The lowest BCUT2D eigenvalue weighted by Gasteiger charge is -2.14. The van der Waals surface area contributed by atoms with E-state index in [2.05, 4.69) is 358 Å². The Morgan fingerprint density at radius 2 is 0.233 bits per heavy atom. The minimum absolute atomic E-state index is 0.584. The van der Waals surface area contributed by atoms with Crippen LogP contribution in [-0.2, 0) is 0 Å². The van der Waals surface area contributed by atoms with E-state index in [1.54, 1.807) is 0 Å². The monoisotopic (exact) mass is 1150 g/mol. The minimum atomic E-state index is 0.584. The van der Waals surface area contributed by atoms with Gasteiger partial charge in [0.05, 0.1) is 0 Å². The van der Waals surface area contributed by atoms with Gasteiger partial charge in [-0.05, 0) is 201 Å². The second-order valence-electron chi connectivity index (χ2n) is 22.8. The zero-order chi connectivity index (χ0) is 60.0. The summed E-state index contributed by atoms with van der Waals surface area (Å²) in [7, 11) is 0. The zero-order valence-corrected chi connectivity index (χ0v) is 49.4. The highest BCUT2D eigenvalue weighted by Crippen LogP contribution is 2.40. The third-order valence-corrected chi connectivity index (χ3v) is 16.9. The van der Waals surface area contributed by atoms with Crippen molar-refractivity contribution < 1.29 is 0 Å². The van der Waals surface area contributed by atoms with Gasteiger partial charge in [0.2, 0.25) is 0 Å². The largest absolute Gasteiger partial charge is 0.208 e. The predicted octanol–water partition coefficient (Wildman–Crippen LogP) is 23.2. The standard InChI is InChI=1S/C87H59N3/c1-7-23-60(24-8-1)76-51-77(61-25-9-2-10-26-61)55-82(54-76)67-45-43-66(44-46-67)68-35-19-36-69(47-68)70-37-20-40-73(48-70)85-88-86(74-41-21-38-71(49-74)83-56-78(62-27-11-3-12-28-62)52-79(57-83)63-29-13-4-14-30-63)90-87(89-85)75-42-22-39-72(50-75)84-58-80(64-31-15-5-16-32-64)53-81(59-84)65-33-17-6-18-34-65/h1-59H. The summed E-state index contributed by atoms with van der Waals surface area (Å²) < 4.78 is 0. The van der Waals surface area contributed by atoms with Gasteiger partial charge in [0.1, 0.15) is 0 Å². The molecule has 0 fully saturated rings. The van der Waals surface area contributed by atoms with Gasteiger partial charge in [0, 0.05) is 16.7 Å². The third kappa shape index (κ3) is 11.9. The first-order chi connectivity index (χ1) is 44.5. The van der Waals surface area contributed by atoms with Crippen molar-refractivity contribution >= 4 is 0 Å². The molecular weight excluding hydrogens is 1090 g/mol. The number of nitrogens with zero attached hydrogens (tertiary/aromatic N) is 3. The van der Waals surface area contributed by atoms with Crippen molar-refractivity contribution in [3.63, 3.8) is 0 Å². The number of benzene rings is 14. The van der Waals surface area contributed by atoms with E-state index in [-0.39, 0.29) is 0 Å². The molecule has 0 saturated heterocycles. The third-order valence-electron chi connectivity index (χ3n) is 16.9. The van der Waals surface area contributed by atoms with Gasteiger partial charge >= 0.3 is 0 Å². The molecule has 0 aliphatic rings. The molecule has 90 heavy (non-hydrogen) atoms. The second kappa shape index (κ2) is 24.8. The minimum Gasteiger partial charge on any atom is -0.208 e. The number of aromatic nitrogens is 3. The molecule has 0 aliphatic carbocycles. The van der Waals surface area contributed by atoms with E-state index >= 15 is 0 Å². The maximum atomic E-state index is 5.39. The van der Waals surface area contributed by atoms with Crippen molar-refractivity contribution in [2.24, 2.45) is 0 Å². The van der Waals surface area contributed by atoms with Crippen LogP contribution in [-0.4, -0.2) is 15.0 Å². The van der Waals surface area contributed by atoms with E-state index in [0.717, 1.165) is 111 Å². The van der Waals surface area contributed by atoms with Gasteiger partial charge in [-0.2, -0.15) is 0 Å². The molecule has 15 rings (SSSR count). The molecule has 3 heteroatoms. The molecule has 0 spiro atoms. The average molecular weight is 1150 g/mol. The van der Waals surface area contributed by atoms with Gasteiger partial charge in [-0.3, -0.25) is 0 Å². The van der Waals surface area contributed by atoms with Crippen LogP contribution in [0.2, 0.25) is 0 Å². The van der Waals surface area contributed by atoms with E-state index in [0.29, 0.717) is 17.5 Å². The van der Waals surface area contributed by atoms with Crippen molar-refractivity contribution in [1.82, 2.24) is 15.0 Å². The lowest BCUT2D eigenvalue weighted by molar-refractivity contribution is 1.07. The molecule has 15 aromatic rings. The van der Waals surface area contributed by atoms with Gasteiger partial charge in [-0.25, -0.2) is 15.0 Å². The van der Waals surface area contributed by atoms with Crippen LogP contribution >= 0.6 is 0 Å². The summed E-state index contributed by atoms with van der Waals surface area (Å²) in [6, 6.07) is 128. The molecule has 1 heterocycles. The summed E-state index contributed by atoms with van der Waals surface area (Å²) in [6.07, 6.45) is 0. The summed E-state index contributed by atoms with van der Waals surface area (Å²) >= 11 is 0. The van der Waals surface area contributed by atoms with Crippen LogP contribution < -0.4 is 0 Å². The molecule has 0 saturated carbocycles. The van der Waals surface area contributed by atoms with Crippen LogP contribution in [0.4, 0.5) is 0 Å². The lowest BCUT2D eigenvalue weighted by Crippen LogP contribution is -2.00. The smallest absolute Gasteiger partial charge is 0.164 e. The van der Waals surface area contributed by atoms with E-state index in [1.165, 1.54) is 27.8 Å². The molecule has 0 atom stereocenters. The van der Waals surface area contributed by atoms with E-state index in [1.807, 2.05) is 0 Å². The first kappa shape index (κ1) is 54.7. The van der Waals surface area contributed by atoms with Gasteiger partial charge in [-0.15, -0.1) is 0 Å². The molecule has 1 aromatic heterocycles. The molecular formula is C87H59N3. The topological polar surface area (TPSA) is 38.7 Å². The fourth-order valence-electron chi connectivity index (χ4n) is 12.2. The van der Waals surface area contributed by atoms with Crippen LogP contribution in [0.5, 0.6) is 0 Å². The molecule has 0 unspecified atom stereocenters. The summed E-state index contributed by atoms with van der Waals surface area (Å²) in [5, 5.41) is 0. The molecule has 0 N–H and O–H groups in total. The Kier molecular flexibility index (Phi) is 15.1. The molecule has 0 radical (unpaired) electrons. The number of hydrogen-bond acceptors (Lipinski definition) is 3. The summed E-state index contributed by atoms with van der Waals surface area (Å²) in [6.45, 7) is 0. The van der Waals surface area contributed by atoms with Crippen molar-refractivity contribution in [2.75, 3.05) is 0 Å². The average Bonchev–Trinajstić information content (AvgIpc) is 2.29. The van der Waals surface area contributed by atoms with Crippen LogP contribution in [0, 0.1) is 0 Å². The Bertz CT molecular complexity index is 4650. The fourth-order valence-corrected chi connectivity index (χ4v) is 12.2. The molecule has 0 amide bonds. The van der Waals surface area contributed by atoms with Crippen molar-refractivity contribution in [1.29, 1.82) is 0 Å². The highest BCUT2D eigenvalue weighted by atomic mass is 15.0. The summed E-state index contributed by atoms with van der Waals surface area (Å²) in [5.74, 6) is 1.75. The Hall–Kier alpha value is -11.9. The SMILES string of the molecule is c1ccc(-c2cc(-c3ccccc3)cc(-c3ccc(-c4cccc(-c5cccc(-c6nc(-c7cccc(-c8cc(-c9ccccc9)cc(-c9ccccc9)c8)c7)nc(-c7cccc(-c8cc(-c9ccccc9)cc(-c9ccccc9)c8)c7)n6)c5)c4)cc3)c2)cc1. The Labute approximate surface area is 526 Å². The Morgan fingerprint density at radius 1 is 0.100 bits per heavy atom. The maximum absolute atomic E-state index is 5.39. The number of rotatable bonds is 14. The molecule has 422 valence electrons. The van der Waals surface area contributed by atoms with Crippen LogP contribution in [0.1, 0.15) is 0 Å². The van der Waals surface area contributed by atoms with Gasteiger partial charge in [-0.1, -0.05) is 279 Å². The van der Waals surface area contributed by atoms with E-state index < -0.39 is 0 Å². The fraction of sp³-hybridized carbons (Fsp3) is 0. The molecule has 0 bridgehead atoms. The van der Waals surface area contributed by atoms with Gasteiger partial charge < -0.3 is 0 Å². The first-order valence-corrected chi connectivity index (χ1v) is 30.6. The van der Waals surface area contributed by atoms with Gasteiger partial charge in [0.15, 0.2) is 17.5 Å². The van der Waals surface area contributed by atoms with Crippen LogP contribution in [0.25, 0.3) is 157 Å². The molecule has 0 aliphatic heterocycles. The normalized spacial score (nSPS) is 11.1. The van der Waals surface area contributed by atoms with E-state index in [4.69, 9.17) is 15.0 Å². The maximum Gasteiger partial charge on any atom is 0.164 e. The summed E-state index contributed by atoms with van der Waals surface area (Å²) in [4.78, 5) is 16.2. The zero-order valence-electron chi connectivity index (χ0n) is 49.4. The Morgan fingerprint density at radius 3 is 0.467 bits per heavy atom.